The predicted molar refractivity (Wildman–Crippen MR) is 109 cm³/mol. The van der Waals surface area contributed by atoms with Crippen molar-refractivity contribution in [1.82, 2.24) is 24.8 Å². The molecule has 1 N–H and O–H groups in total. The molecule has 0 aliphatic carbocycles. The summed E-state index contributed by atoms with van der Waals surface area (Å²) in [7, 11) is 1.96. The van der Waals surface area contributed by atoms with Gasteiger partial charge in [0.2, 0.25) is 0 Å². The van der Waals surface area contributed by atoms with Gasteiger partial charge in [-0.3, -0.25) is 4.79 Å². The van der Waals surface area contributed by atoms with E-state index in [4.69, 9.17) is 0 Å². The molecule has 1 amide bonds. The number of nitrogens with one attached hydrogen (secondary N) is 1. The van der Waals surface area contributed by atoms with Gasteiger partial charge in [-0.25, -0.2) is 9.97 Å². The lowest BCUT2D eigenvalue weighted by atomic mass is 10.1. The average molecular weight is 404 g/mol. The summed E-state index contributed by atoms with van der Waals surface area (Å²) in [4.78, 5) is 24.1. The number of benzene rings is 1. The minimum atomic E-state index is -0.0835. The van der Waals surface area contributed by atoms with Crippen LogP contribution in [0.5, 0.6) is 0 Å². The zero-order chi connectivity index (χ0) is 18.1. The van der Waals surface area contributed by atoms with Crippen molar-refractivity contribution in [3.63, 3.8) is 0 Å². The molecule has 1 unspecified atom stereocenters. The van der Waals surface area contributed by atoms with E-state index in [2.05, 4.69) is 28.3 Å². The molecule has 0 radical (unpaired) electrons. The summed E-state index contributed by atoms with van der Waals surface area (Å²) in [5.74, 6) is 0.857. The summed E-state index contributed by atoms with van der Waals surface area (Å²) >= 11 is 1.52. The fourth-order valence-corrected chi connectivity index (χ4v) is 4.22. The Kier molecular flexibility index (Phi) is 5.94. The first-order chi connectivity index (χ1) is 12.6. The SMILES string of the molecule is Cc1ccccc1-c1nc(C(=O)N2CCNCC2c2nccn2C)cs1.Cl. The summed E-state index contributed by atoms with van der Waals surface area (Å²) < 4.78 is 1.97. The zero-order valence-electron chi connectivity index (χ0n) is 15.3. The van der Waals surface area contributed by atoms with Crippen molar-refractivity contribution in [2.24, 2.45) is 7.05 Å². The van der Waals surface area contributed by atoms with Gasteiger partial charge in [-0.2, -0.15) is 0 Å². The molecule has 6 nitrogen and oxygen atoms in total. The maximum absolute atomic E-state index is 13.2. The first-order valence-corrected chi connectivity index (χ1v) is 9.53. The van der Waals surface area contributed by atoms with E-state index in [1.807, 2.05) is 46.3 Å². The molecule has 0 bridgehead atoms. The molecule has 0 spiro atoms. The second-order valence-electron chi connectivity index (χ2n) is 6.47. The highest BCUT2D eigenvalue weighted by atomic mass is 35.5. The van der Waals surface area contributed by atoms with Gasteiger partial charge in [-0.05, 0) is 12.5 Å². The highest BCUT2D eigenvalue weighted by Crippen LogP contribution is 2.28. The maximum atomic E-state index is 13.2. The van der Waals surface area contributed by atoms with Gasteiger partial charge in [-0.1, -0.05) is 24.3 Å². The van der Waals surface area contributed by atoms with Crippen LogP contribution in [-0.4, -0.2) is 45.0 Å². The van der Waals surface area contributed by atoms with Crippen LogP contribution in [0.1, 0.15) is 27.9 Å². The predicted octanol–water partition coefficient (Wildman–Crippen LogP) is 3.06. The van der Waals surface area contributed by atoms with E-state index in [0.29, 0.717) is 18.8 Å². The molecule has 1 fully saturated rings. The highest BCUT2D eigenvalue weighted by molar-refractivity contribution is 7.13. The summed E-state index contributed by atoms with van der Waals surface area (Å²) in [5.41, 5.74) is 2.75. The molecule has 3 aromatic rings. The van der Waals surface area contributed by atoms with E-state index in [1.54, 1.807) is 6.20 Å². The molecule has 1 saturated heterocycles. The largest absolute Gasteiger partial charge is 0.336 e. The second-order valence-corrected chi connectivity index (χ2v) is 7.33. The first kappa shape index (κ1) is 19.5. The fraction of sp³-hybridized carbons (Fsp3) is 0.316. The monoisotopic (exact) mass is 403 g/mol. The van der Waals surface area contributed by atoms with E-state index in [1.165, 1.54) is 11.3 Å². The van der Waals surface area contributed by atoms with E-state index in [-0.39, 0.29) is 24.4 Å². The topological polar surface area (TPSA) is 63.1 Å². The molecule has 27 heavy (non-hydrogen) atoms. The standard InChI is InChI=1S/C19H21N5OS.ClH/c1-13-5-3-4-6-14(13)18-22-15(12-26-18)19(25)24-10-7-20-11-16(24)17-21-8-9-23(17)2;/h3-6,8-9,12,16,20H,7,10-11H2,1-2H3;1H. The molecular formula is C19H22ClN5OS. The van der Waals surface area contributed by atoms with Crippen LogP contribution in [0.3, 0.4) is 0 Å². The Morgan fingerprint density at radius 2 is 2.15 bits per heavy atom. The molecule has 142 valence electrons. The average Bonchev–Trinajstić information content (AvgIpc) is 3.31. The van der Waals surface area contributed by atoms with Crippen molar-refractivity contribution >= 4 is 29.7 Å². The Bertz CT molecular complexity index is 938. The second kappa shape index (κ2) is 8.21. The molecule has 1 aromatic carbocycles. The van der Waals surface area contributed by atoms with Crippen LogP contribution in [-0.2, 0) is 7.05 Å². The van der Waals surface area contributed by atoms with Crippen molar-refractivity contribution in [2.75, 3.05) is 19.6 Å². The normalized spacial score (nSPS) is 16.8. The number of halogens is 1. The number of carbonyl (C=O) groups is 1. The van der Waals surface area contributed by atoms with E-state index in [0.717, 1.165) is 28.5 Å². The number of aromatic nitrogens is 3. The van der Waals surface area contributed by atoms with Crippen LogP contribution in [0, 0.1) is 6.92 Å². The van der Waals surface area contributed by atoms with Gasteiger partial charge in [-0.15, -0.1) is 23.7 Å². The third-order valence-corrected chi connectivity index (χ3v) is 5.64. The lowest BCUT2D eigenvalue weighted by molar-refractivity contribution is 0.0615. The number of hydrogen-bond acceptors (Lipinski definition) is 5. The zero-order valence-corrected chi connectivity index (χ0v) is 16.9. The summed E-state index contributed by atoms with van der Waals surface area (Å²) in [6.07, 6.45) is 3.68. The number of aryl methyl sites for hydroxylation is 2. The minimum Gasteiger partial charge on any atom is -0.336 e. The van der Waals surface area contributed by atoms with Gasteiger partial charge in [0.25, 0.3) is 5.91 Å². The molecule has 4 rings (SSSR count). The van der Waals surface area contributed by atoms with Crippen LogP contribution in [0.15, 0.2) is 42.0 Å². The lowest BCUT2D eigenvalue weighted by Crippen LogP contribution is -2.49. The Balaban J connectivity index is 0.00000210. The Hall–Kier alpha value is -2.22. The number of rotatable bonds is 3. The van der Waals surface area contributed by atoms with Crippen LogP contribution in [0.25, 0.3) is 10.6 Å². The highest BCUT2D eigenvalue weighted by Gasteiger charge is 2.32. The number of piperazine rings is 1. The quantitative estimate of drug-likeness (QED) is 0.730. The Morgan fingerprint density at radius 3 is 2.89 bits per heavy atom. The van der Waals surface area contributed by atoms with Crippen molar-refractivity contribution in [3.05, 3.63) is 59.1 Å². The number of thiazole rings is 1. The number of carbonyl (C=O) groups excluding carboxylic acids is 1. The third kappa shape index (κ3) is 3.76. The maximum Gasteiger partial charge on any atom is 0.274 e. The molecule has 1 aliphatic rings. The van der Waals surface area contributed by atoms with Crippen LogP contribution in [0.2, 0.25) is 0 Å². The number of amides is 1. The van der Waals surface area contributed by atoms with Gasteiger partial charge in [0.15, 0.2) is 0 Å². The molecular weight excluding hydrogens is 382 g/mol. The van der Waals surface area contributed by atoms with Crippen LogP contribution >= 0.6 is 23.7 Å². The minimum absolute atomic E-state index is 0. The first-order valence-electron chi connectivity index (χ1n) is 8.65. The summed E-state index contributed by atoms with van der Waals surface area (Å²) in [6.45, 7) is 4.19. The van der Waals surface area contributed by atoms with E-state index < -0.39 is 0 Å². The number of nitrogens with zero attached hydrogens (tertiary/aromatic N) is 4. The van der Waals surface area contributed by atoms with E-state index in [9.17, 15) is 4.79 Å². The summed E-state index contributed by atoms with van der Waals surface area (Å²) in [6, 6.07) is 8.03. The van der Waals surface area contributed by atoms with Crippen molar-refractivity contribution < 1.29 is 4.79 Å². The fourth-order valence-electron chi connectivity index (χ4n) is 3.33. The van der Waals surface area contributed by atoms with E-state index >= 15 is 0 Å². The van der Waals surface area contributed by atoms with Gasteiger partial charge in [0, 0.05) is 50.0 Å². The number of hydrogen-bond donors (Lipinski definition) is 1. The van der Waals surface area contributed by atoms with Crippen LogP contribution in [0.4, 0.5) is 0 Å². The molecule has 2 aromatic heterocycles. The molecule has 8 heteroatoms. The smallest absolute Gasteiger partial charge is 0.274 e. The van der Waals surface area contributed by atoms with Gasteiger partial charge < -0.3 is 14.8 Å². The Morgan fingerprint density at radius 1 is 1.33 bits per heavy atom. The molecule has 1 aliphatic heterocycles. The molecule has 3 heterocycles. The third-order valence-electron chi connectivity index (χ3n) is 4.76. The summed E-state index contributed by atoms with van der Waals surface area (Å²) in [5, 5.41) is 6.11. The molecule has 0 saturated carbocycles. The van der Waals surface area contributed by atoms with Crippen molar-refractivity contribution in [1.29, 1.82) is 0 Å². The van der Waals surface area contributed by atoms with Crippen molar-refractivity contribution in [2.45, 2.75) is 13.0 Å². The molecule has 1 atom stereocenters. The number of imidazole rings is 1. The van der Waals surface area contributed by atoms with Crippen LogP contribution < -0.4 is 5.32 Å². The van der Waals surface area contributed by atoms with Gasteiger partial charge >= 0.3 is 0 Å². The van der Waals surface area contributed by atoms with Gasteiger partial charge in [0.05, 0.1) is 0 Å². The van der Waals surface area contributed by atoms with Crippen molar-refractivity contribution in [3.8, 4) is 10.6 Å². The van der Waals surface area contributed by atoms with Gasteiger partial charge in [0.1, 0.15) is 22.6 Å². The Labute approximate surface area is 168 Å². The lowest BCUT2D eigenvalue weighted by Gasteiger charge is -2.35.